The minimum absolute atomic E-state index is 0.0686. The van der Waals surface area contributed by atoms with Gasteiger partial charge in [0.15, 0.2) is 14.6 Å². The molecule has 7 nitrogen and oxygen atoms in total. The number of pyridine rings is 1. The van der Waals surface area contributed by atoms with Gasteiger partial charge in [0.25, 0.3) is 0 Å². The highest BCUT2D eigenvalue weighted by Gasteiger charge is 2.35. The summed E-state index contributed by atoms with van der Waals surface area (Å²) in [5.74, 6) is 7.08. The number of hydrogen-bond donors (Lipinski definition) is 2. The van der Waals surface area contributed by atoms with Crippen LogP contribution in [0.4, 0.5) is 22.7 Å². The van der Waals surface area contributed by atoms with Gasteiger partial charge in [-0.25, -0.2) is 4.98 Å². The molecule has 0 saturated heterocycles. The number of ether oxygens (including phenoxy) is 1. The highest BCUT2D eigenvalue weighted by molar-refractivity contribution is 6.67. The highest BCUT2D eigenvalue weighted by Crippen LogP contribution is 2.52. The Morgan fingerprint density at radius 1 is 0.463 bits per heavy atom. The molecule has 5 heterocycles. The number of para-hydroxylation sites is 2. The second-order valence-electron chi connectivity index (χ2n) is 28.0. The van der Waals surface area contributed by atoms with Crippen LogP contribution in [-0.2, 0) is 16.2 Å². The molecule has 2 aromatic heterocycles. The molecule has 2 radical (unpaired) electrons. The number of benzene rings is 8. The van der Waals surface area contributed by atoms with Crippen LogP contribution >= 0.6 is 0 Å². The molecule has 9 heteroatoms. The Morgan fingerprint density at radius 3 is 1.63 bits per heavy atom. The predicted octanol–water partition coefficient (Wildman–Crippen LogP) is 21.5. The molecule has 0 saturated carbocycles. The lowest BCUT2D eigenvalue weighted by atomic mass is 9.62. The zero-order valence-electron chi connectivity index (χ0n) is 56.7. The maximum atomic E-state index is 7.49. The van der Waals surface area contributed by atoms with Crippen LogP contribution in [0.3, 0.4) is 0 Å². The van der Waals surface area contributed by atoms with Gasteiger partial charge in [0.1, 0.15) is 24.0 Å². The molecule has 8 aromatic carbocycles. The standard InChI is InChI=1S/C86H84B2N6O/c1-58(2)69-31-24-32-70(59(3)4)82(69)60-49-66(92-57-93(79-36-19-18-35-78(79)92)83-73(75-33-25-46-89-44-22-20-42-87-75)52-65(85(8,9)10)53-74(83)76-34-26-47-90-45-23-21-43-88-76)55-68(50-60)95-67-38-39-71-72-51-63(84(5,6)7)37-40-77(72)94(80(71)56-67)81-54-64(41-48-91-81)86(11,61-27-14-12-15-28-61)62-29-16-13-17-30-62/h12-56,58-59,89-90H,57H2,1-11H3/b42-20-,43-21-,44-22-,45-23-,46-25-,47-26-,75-33-,76-34-. The number of aromatic nitrogens is 2. The van der Waals surface area contributed by atoms with Crippen molar-refractivity contribution in [1.82, 2.24) is 20.2 Å². The van der Waals surface area contributed by atoms with Gasteiger partial charge in [0.05, 0.1) is 28.1 Å². The Morgan fingerprint density at radius 2 is 1.04 bits per heavy atom. The first-order chi connectivity index (χ1) is 45.9. The van der Waals surface area contributed by atoms with Crippen LogP contribution in [0.1, 0.15) is 138 Å². The topological polar surface area (TPSA) is 57.6 Å². The number of anilines is 4. The molecule has 3 aliphatic rings. The quantitative estimate of drug-likeness (QED) is 0.112. The predicted molar refractivity (Wildman–Crippen MR) is 405 cm³/mol. The number of nitrogens with zero attached hydrogens (tertiary/aromatic N) is 4. The number of fused-ring (bicyclic) bond motifs is 4. The van der Waals surface area contributed by atoms with Crippen LogP contribution in [0, 0.1) is 0 Å². The zero-order chi connectivity index (χ0) is 66.0. The summed E-state index contributed by atoms with van der Waals surface area (Å²) in [6.07, 6.45) is 26.7. The average molecular weight is 1240 g/mol. The van der Waals surface area contributed by atoms with Gasteiger partial charge in [-0.2, -0.15) is 0 Å². The molecule has 3 aliphatic heterocycles. The van der Waals surface area contributed by atoms with E-state index in [0.717, 1.165) is 89.7 Å². The summed E-state index contributed by atoms with van der Waals surface area (Å²) in [7, 11) is 4.48. The van der Waals surface area contributed by atoms with E-state index in [0.29, 0.717) is 6.67 Å². The fraction of sp³-hybridized carbons (Fsp3) is 0.198. The fourth-order valence-corrected chi connectivity index (χ4v) is 13.7. The van der Waals surface area contributed by atoms with E-state index in [1.54, 1.807) is 0 Å². The van der Waals surface area contributed by atoms with Gasteiger partial charge < -0.3 is 25.2 Å². The number of allylic oxidation sites excluding steroid dienone is 8. The van der Waals surface area contributed by atoms with Crippen molar-refractivity contribution in [3.8, 4) is 28.4 Å². The first-order valence-corrected chi connectivity index (χ1v) is 33.5. The minimum atomic E-state index is -0.476. The van der Waals surface area contributed by atoms with E-state index >= 15 is 0 Å². The third kappa shape index (κ3) is 12.8. The normalized spacial score (nSPS) is 17.5. The molecule has 2 N–H and O–H groups in total. The summed E-state index contributed by atoms with van der Waals surface area (Å²) in [5.41, 5.74) is 21.1. The van der Waals surface area contributed by atoms with E-state index in [2.05, 4.69) is 346 Å². The van der Waals surface area contributed by atoms with Crippen molar-refractivity contribution in [3.63, 3.8) is 0 Å². The Kier molecular flexibility index (Phi) is 17.8. The molecule has 0 bridgehead atoms. The largest absolute Gasteiger partial charge is 0.457 e. The molecule has 0 unspecified atom stereocenters. The Balaban J connectivity index is 1.00. The van der Waals surface area contributed by atoms with Crippen LogP contribution in [0.25, 0.3) is 49.7 Å². The molecule has 0 aliphatic carbocycles. The van der Waals surface area contributed by atoms with Crippen molar-refractivity contribution in [2.24, 2.45) is 0 Å². The van der Waals surface area contributed by atoms with E-state index in [-0.39, 0.29) is 22.7 Å². The summed E-state index contributed by atoms with van der Waals surface area (Å²) >= 11 is 0. The third-order valence-corrected chi connectivity index (χ3v) is 18.9. The van der Waals surface area contributed by atoms with E-state index in [9.17, 15) is 0 Å². The van der Waals surface area contributed by atoms with Gasteiger partial charge in [-0.15, -0.1) is 12.0 Å². The summed E-state index contributed by atoms with van der Waals surface area (Å²) < 4.78 is 9.83. The summed E-state index contributed by atoms with van der Waals surface area (Å²) in [4.78, 5) is 10.3. The molecule has 0 fully saturated rings. The Labute approximate surface area is 564 Å². The molecule has 0 spiro atoms. The van der Waals surface area contributed by atoms with Gasteiger partial charge in [-0.1, -0.05) is 202 Å². The van der Waals surface area contributed by atoms with E-state index in [1.165, 1.54) is 44.3 Å². The van der Waals surface area contributed by atoms with Crippen LogP contribution in [-0.4, -0.2) is 30.8 Å². The van der Waals surface area contributed by atoms with E-state index < -0.39 is 5.41 Å². The molecule has 95 heavy (non-hydrogen) atoms. The highest BCUT2D eigenvalue weighted by atomic mass is 16.5. The lowest BCUT2D eigenvalue weighted by Crippen LogP contribution is -2.26. The van der Waals surface area contributed by atoms with Gasteiger partial charge >= 0.3 is 0 Å². The maximum absolute atomic E-state index is 7.49. The first-order valence-electron chi connectivity index (χ1n) is 33.5. The van der Waals surface area contributed by atoms with Crippen LogP contribution in [0.5, 0.6) is 11.5 Å². The molecular weight excluding hydrogens is 1150 g/mol. The number of rotatable bonds is 13. The Bertz CT molecular complexity index is 4630. The fourth-order valence-electron chi connectivity index (χ4n) is 13.7. The molecule has 0 atom stereocenters. The smallest absolute Gasteiger partial charge is 0.182 e. The molecular formula is C86H84B2N6O. The maximum Gasteiger partial charge on any atom is 0.182 e. The number of hydrogen-bond acceptors (Lipinski definition) is 6. The molecule has 0 amide bonds. The van der Waals surface area contributed by atoms with Crippen molar-refractivity contribution in [1.29, 1.82) is 0 Å². The van der Waals surface area contributed by atoms with Crippen molar-refractivity contribution in [3.05, 3.63) is 324 Å². The summed E-state index contributed by atoms with van der Waals surface area (Å²) in [5, 5.41) is 8.92. The van der Waals surface area contributed by atoms with Crippen LogP contribution < -0.4 is 25.2 Å². The average Bonchev–Trinajstić information content (AvgIpc) is 1.62. The van der Waals surface area contributed by atoms with Crippen LogP contribution in [0.2, 0.25) is 0 Å². The molecule has 470 valence electrons. The lowest BCUT2D eigenvalue weighted by Gasteiger charge is -2.32. The first kappa shape index (κ1) is 63.5. The van der Waals surface area contributed by atoms with Gasteiger partial charge in [0.2, 0.25) is 0 Å². The molecule has 13 rings (SSSR count). The lowest BCUT2D eigenvalue weighted by molar-refractivity contribution is 0.483. The number of nitrogens with one attached hydrogen (secondary N) is 2. The van der Waals surface area contributed by atoms with E-state index in [1.807, 2.05) is 43.1 Å². The zero-order valence-corrected chi connectivity index (χ0v) is 56.7. The monoisotopic (exact) mass is 1240 g/mol. The second-order valence-corrected chi connectivity index (χ2v) is 28.0. The van der Waals surface area contributed by atoms with E-state index in [4.69, 9.17) is 9.72 Å². The van der Waals surface area contributed by atoms with Gasteiger partial charge in [-0.05, 0) is 188 Å². The van der Waals surface area contributed by atoms with Crippen molar-refractivity contribution < 1.29 is 4.74 Å². The van der Waals surface area contributed by atoms with Crippen molar-refractivity contribution in [2.75, 3.05) is 16.5 Å². The van der Waals surface area contributed by atoms with Crippen molar-refractivity contribution in [2.45, 2.75) is 104 Å². The van der Waals surface area contributed by atoms with Crippen LogP contribution in [0.15, 0.2) is 274 Å². The third-order valence-electron chi connectivity index (χ3n) is 18.9. The Hall–Kier alpha value is -10.2. The SMILES string of the molecule is CC(C)c1cccc(C(C)C)c1-c1cc(Oc2ccc3c4cc(C(C)(C)C)ccc4n(-c4cc(C(C)(c5ccccc5)c5ccccc5)ccn4)c3c2)cc(N2CN(c3c(/C4=C/C=C\N/C=C\C=C/[B]4)cc(C(C)(C)C)cc3/C3=C/C=C\N/C=C\C=C/[B]3)c3ccccc32)c1. The minimum Gasteiger partial charge on any atom is -0.457 e. The summed E-state index contributed by atoms with van der Waals surface area (Å²) in [6.45, 7) is 25.9. The molecule has 10 aromatic rings. The summed E-state index contributed by atoms with van der Waals surface area (Å²) in [6, 6.07) is 67.2. The van der Waals surface area contributed by atoms with Crippen molar-refractivity contribution >= 4 is 70.1 Å². The van der Waals surface area contributed by atoms with Gasteiger partial charge in [-0.3, -0.25) is 4.57 Å². The second kappa shape index (κ2) is 26.6. The van der Waals surface area contributed by atoms with Gasteiger partial charge in [0, 0.05) is 65.0 Å².